The Morgan fingerprint density at radius 3 is 2.76 bits per heavy atom. The van der Waals surface area contributed by atoms with Crippen molar-refractivity contribution in [1.29, 1.82) is 0 Å². The van der Waals surface area contributed by atoms with E-state index in [0.717, 1.165) is 23.6 Å². The minimum atomic E-state index is -0.370. The predicted molar refractivity (Wildman–Crippen MR) is 90.7 cm³/mol. The first-order chi connectivity index (χ1) is 12.2. The van der Waals surface area contributed by atoms with Crippen molar-refractivity contribution in [2.24, 2.45) is 0 Å². The van der Waals surface area contributed by atoms with E-state index in [9.17, 15) is 4.79 Å². The molecule has 0 aliphatic carbocycles. The summed E-state index contributed by atoms with van der Waals surface area (Å²) in [6.07, 6.45) is 1.62. The number of carbonyl (C=O) groups excluding carboxylic acids is 1. The van der Waals surface area contributed by atoms with Gasteiger partial charge in [0.15, 0.2) is 0 Å². The van der Waals surface area contributed by atoms with Gasteiger partial charge in [-0.15, -0.1) is 5.10 Å². The standard InChI is InChI=1S/C18H17N3O4/c1-23-15-10-12-6-3-2-5-11(12)9-13(15)16(22)19-18-21-20-17(25-18)14-7-4-8-24-14/h2-3,5-6,9-10,14H,4,7-8H2,1H3,(H,19,21,22). The Morgan fingerprint density at radius 1 is 1.24 bits per heavy atom. The zero-order chi connectivity index (χ0) is 17.2. The van der Waals surface area contributed by atoms with Crippen LogP contribution in [0.3, 0.4) is 0 Å². The maximum absolute atomic E-state index is 12.6. The molecular formula is C18H17N3O4. The van der Waals surface area contributed by atoms with Crippen LogP contribution < -0.4 is 10.1 Å². The average Bonchev–Trinajstić information content (AvgIpc) is 3.32. The molecule has 1 saturated heterocycles. The van der Waals surface area contributed by atoms with Crippen LogP contribution in [0.5, 0.6) is 5.75 Å². The first-order valence-electron chi connectivity index (χ1n) is 8.08. The second-order valence-corrected chi connectivity index (χ2v) is 5.80. The summed E-state index contributed by atoms with van der Waals surface area (Å²) < 4.78 is 16.3. The topological polar surface area (TPSA) is 86.5 Å². The van der Waals surface area contributed by atoms with Crippen LogP contribution in [0, 0.1) is 0 Å². The second kappa shape index (κ2) is 6.52. The lowest BCUT2D eigenvalue weighted by Gasteiger charge is -2.09. The molecule has 1 atom stereocenters. The molecular weight excluding hydrogens is 322 g/mol. The Kier molecular flexibility index (Phi) is 4.07. The lowest BCUT2D eigenvalue weighted by Crippen LogP contribution is -2.13. The van der Waals surface area contributed by atoms with Crippen molar-refractivity contribution in [3.8, 4) is 5.75 Å². The number of nitrogens with one attached hydrogen (secondary N) is 1. The average molecular weight is 339 g/mol. The molecule has 3 aromatic rings. The molecule has 128 valence electrons. The molecule has 0 saturated carbocycles. The van der Waals surface area contributed by atoms with Crippen LogP contribution in [0.25, 0.3) is 10.8 Å². The van der Waals surface area contributed by atoms with E-state index in [0.29, 0.717) is 23.8 Å². The van der Waals surface area contributed by atoms with Gasteiger partial charge in [0.1, 0.15) is 11.9 Å². The summed E-state index contributed by atoms with van der Waals surface area (Å²) in [5.41, 5.74) is 0.401. The summed E-state index contributed by atoms with van der Waals surface area (Å²) in [5, 5.41) is 12.4. The maximum Gasteiger partial charge on any atom is 0.322 e. The van der Waals surface area contributed by atoms with Crippen molar-refractivity contribution in [3.05, 3.63) is 47.9 Å². The quantitative estimate of drug-likeness (QED) is 0.784. The van der Waals surface area contributed by atoms with Crippen molar-refractivity contribution in [2.75, 3.05) is 19.0 Å². The molecule has 25 heavy (non-hydrogen) atoms. The Morgan fingerprint density at radius 2 is 2.04 bits per heavy atom. The molecule has 2 aromatic carbocycles. The maximum atomic E-state index is 12.6. The van der Waals surface area contributed by atoms with Crippen molar-refractivity contribution in [3.63, 3.8) is 0 Å². The highest BCUT2D eigenvalue weighted by atomic mass is 16.5. The van der Waals surface area contributed by atoms with Crippen LogP contribution in [0.1, 0.15) is 35.2 Å². The highest BCUT2D eigenvalue weighted by Crippen LogP contribution is 2.29. The molecule has 1 N–H and O–H groups in total. The van der Waals surface area contributed by atoms with Crippen molar-refractivity contribution >= 4 is 22.7 Å². The second-order valence-electron chi connectivity index (χ2n) is 5.80. The first kappa shape index (κ1) is 15.6. The number of fused-ring (bicyclic) bond motifs is 1. The molecule has 7 heteroatoms. The van der Waals surface area contributed by atoms with Gasteiger partial charge in [-0.2, -0.15) is 0 Å². The lowest BCUT2D eigenvalue weighted by atomic mass is 10.1. The Labute approximate surface area is 143 Å². The molecule has 1 fully saturated rings. The van der Waals surface area contributed by atoms with E-state index < -0.39 is 0 Å². The van der Waals surface area contributed by atoms with E-state index in [4.69, 9.17) is 13.9 Å². The van der Waals surface area contributed by atoms with Gasteiger partial charge in [-0.1, -0.05) is 29.4 Å². The predicted octanol–water partition coefficient (Wildman–Crippen LogP) is 3.34. The molecule has 1 amide bonds. The minimum Gasteiger partial charge on any atom is -0.496 e. The van der Waals surface area contributed by atoms with Gasteiger partial charge in [0.05, 0.1) is 12.7 Å². The lowest BCUT2D eigenvalue weighted by molar-refractivity contribution is 0.0893. The monoisotopic (exact) mass is 339 g/mol. The molecule has 1 aromatic heterocycles. The number of aromatic nitrogens is 2. The third kappa shape index (κ3) is 3.06. The summed E-state index contributed by atoms with van der Waals surface area (Å²) >= 11 is 0. The number of amides is 1. The van der Waals surface area contributed by atoms with Crippen molar-refractivity contribution in [1.82, 2.24) is 10.2 Å². The highest BCUT2D eigenvalue weighted by Gasteiger charge is 2.24. The summed E-state index contributed by atoms with van der Waals surface area (Å²) in [6.45, 7) is 0.684. The van der Waals surface area contributed by atoms with Crippen molar-refractivity contribution < 1.29 is 18.7 Å². The summed E-state index contributed by atoms with van der Waals surface area (Å²) in [7, 11) is 1.53. The molecule has 7 nitrogen and oxygen atoms in total. The molecule has 0 bridgehead atoms. The van der Waals surface area contributed by atoms with Crippen LogP contribution in [0.2, 0.25) is 0 Å². The van der Waals surface area contributed by atoms with E-state index in [1.807, 2.05) is 30.3 Å². The molecule has 1 aliphatic rings. The number of methoxy groups -OCH3 is 1. The van der Waals surface area contributed by atoms with Gasteiger partial charge in [-0.25, -0.2) is 0 Å². The van der Waals surface area contributed by atoms with Gasteiger partial charge < -0.3 is 13.9 Å². The van der Waals surface area contributed by atoms with Crippen LogP contribution >= 0.6 is 0 Å². The molecule has 1 unspecified atom stereocenters. The molecule has 0 spiro atoms. The number of hydrogen-bond acceptors (Lipinski definition) is 6. The third-order valence-electron chi connectivity index (χ3n) is 4.18. The largest absolute Gasteiger partial charge is 0.496 e. The van der Waals surface area contributed by atoms with Gasteiger partial charge in [0.25, 0.3) is 5.91 Å². The minimum absolute atomic E-state index is 0.0470. The fourth-order valence-corrected chi connectivity index (χ4v) is 2.92. The van der Waals surface area contributed by atoms with E-state index >= 15 is 0 Å². The van der Waals surface area contributed by atoms with Crippen LogP contribution in [-0.2, 0) is 4.74 Å². The first-order valence-corrected chi connectivity index (χ1v) is 8.08. The number of carbonyl (C=O) groups is 1. The molecule has 0 radical (unpaired) electrons. The van der Waals surface area contributed by atoms with Crippen molar-refractivity contribution in [2.45, 2.75) is 18.9 Å². The Balaban J connectivity index is 1.59. The summed E-state index contributed by atoms with van der Waals surface area (Å²) in [5.74, 6) is 0.499. The Hall–Kier alpha value is -2.93. The smallest absolute Gasteiger partial charge is 0.322 e. The number of ether oxygens (including phenoxy) is 2. The van der Waals surface area contributed by atoms with E-state index in [1.54, 1.807) is 6.07 Å². The Bertz CT molecular complexity index is 916. The van der Waals surface area contributed by atoms with E-state index in [1.165, 1.54) is 7.11 Å². The van der Waals surface area contributed by atoms with Gasteiger partial charge in [-0.05, 0) is 35.7 Å². The number of rotatable bonds is 4. The molecule has 4 rings (SSSR count). The third-order valence-corrected chi connectivity index (χ3v) is 4.18. The highest BCUT2D eigenvalue weighted by molar-refractivity contribution is 6.07. The van der Waals surface area contributed by atoms with Gasteiger partial charge in [0, 0.05) is 6.61 Å². The number of hydrogen-bond donors (Lipinski definition) is 1. The van der Waals surface area contributed by atoms with Gasteiger partial charge in [-0.3, -0.25) is 10.1 Å². The number of anilines is 1. The fraction of sp³-hybridized carbons (Fsp3) is 0.278. The normalized spacial score (nSPS) is 16.9. The number of nitrogens with zero attached hydrogens (tertiary/aromatic N) is 2. The molecule has 1 aliphatic heterocycles. The summed E-state index contributed by atoms with van der Waals surface area (Å²) in [4.78, 5) is 12.6. The fourth-order valence-electron chi connectivity index (χ4n) is 2.92. The van der Waals surface area contributed by atoms with Crippen LogP contribution in [0.15, 0.2) is 40.8 Å². The van der Waals surface area contributed by atoms with E-state index in [-0.39, 0.29) is 18.0 Å². The van der Waals surface area contributed by atoms with Crippen LogP contribution in [0.4, 0.5) is 6.01 Å². The molecule has 2 heterocycles. The van der Waals surface area contributed by atoms with Gasteiger partial charge >= 0.3 is 6.01 Å². The number of benzene rings is 2. The summed E-state index contributed by atoms with van der Waals surface area (Å²) in [6, 6.07) is 11.4. The van der Waals surface area contributed by atoms with E-state index in [2.05, 4.69) is 15.5 Å². The van der Waals surface area contributed by atoms with Crippen LogP contribution in [-0.4, -0.2) is 29.8 Å². The van der Waals surface area contributed by atoms with Gasteiger partial charge in [0.2, 0.25) is 5.89 Å². The SMILES string of the molecule is COc1cc2ccccc2cc1C(=O)Nc1nnc(C2CCCO2)o1. The zero-order valence-electron chi connectivity index (χ0n) is 13.7. The zero-order valence-corrected chi connectivity index (χ0v) is 13.7.